The number of piperidine rings is 3. The van der Waals surface area contributed by atoms with Crippen LogP contribution in [0.2, 0.25) is 5.02 Å². The second kappa shape index (κ2) is 4.22. The third-order valence-corrected chi connectivity index (χ3v) is 6.28. The number of halogens is 1. The highest BCUT2D eigenvalue weighted by atomic mass is 35.5. The predicted molar refractivity (Wildman–Crippen MR) is 78.7 cm³/mol. The first kappa shape index (κ1) is 11.3. The molecule has 0 radical (unpaired) electrons. The lowest BCUT2D eigenvalue weighted by Gasteiger charge is -2.44. The van der Waals surface area contributed by atoms with Gasteiger partial charge in [0.15, 0.2) is 0 Å². The van der Waals surface area contributed by atoms with Gasteiger partial charge < -0.3 is 4.90 Å². The van der Waals surface area contributed by atoms with Gasteiger partial charge in [-0.2, -0.15) is 0 Å². The highest BCUT2D eigenvalue weighted by Gasteiger charge is 2.35. The first-order valence-corrected chi connectivity index (χ1v) is 7.91. The molecular weight excluding hydrogens is 262 g/mol. The van der Waals surface area contributed by atoms with Gasteiger partial charge in [-0.05, 0) is 49.4 Å². The van der Waals surface area contributed by atoms with Gasteiger partial charge in [0.05, 0.1) is 9.72 Å². The molecule has 3 aliphatic rings. The van der Waals surface area contributed by atoms with E-state index in [1.54, 1.807) is 4.88 Å². The minimum atomic E-state index is 0.751. The van der Waals surface area contributed by atoms with E-state index in [1.807, 2.05) is 17.4 Å². The first-order valence-electron chi connectivity index (χ1n) is 6.71. The van der Waals surface area contributed by atoms with Crippen molar-refractivity contribution in [1.29, 1.82) is 0 Å². The Hall–Kier alpha value is -0.570. The van der Waals surface area contributed by atoms with E-state index in [0.29, 0.717) is 0 Å². The quantitative estimate of drug-likeness (QED) is 0.748. The molecule has 18 heavy (non-hydrogen) atoms. The summed E-state index contributed by atoms with van der Waals surface area (Å²) in [6.07, 6.45) is 2.76. The average molecular weight is 278 g/mol. The summed E-state index contributed by atoms with van der Waals surface area (Å²) in [4.78, 5) is 4.17. The van der Waals surface area contributed by atoms with Crippen molar-refractivity contribution in [2.24, 2.45) is 5.92 Å². The lowest BCUT2D eigenvalue weighted by atomic mass is 9.78. The summed E-state index contributed by atoms with van der Waals surface area (Å²) >= 11 is 8.20. The first-order chi connectivity index (χ1) is 8.81. The van der Waals surface area contributed by atoms with E-state index in [4.69, 9.17) is 11.6 Å². The predicted octanol–water partition coefficient (Wildman–Crippen LogP) is 4.36. The molecule has 3 saturated heterocycles. The van der Waals surface area contributed by atoms with Crippen LogP contribution in [0.4, 0.5) is 0 Å². The fraction of sp³-hybridized carbons (Fsp3) is 0.467. The van der Waals surface area contributed by atoms with Gasteiger partial charge in [-0.25, -0.2) is 0 Å². The standard InChI is InChI=1S/C15H16ClNS/c16-13-3-1-2-11-8-14(18-15(11)13)12-9-17-6-4-10(12)5-7-17/h1-3,8,10,12H,4-7,9H2/t12-/m0/s1. The average Bonchev–Trinajstić information content (AvgIpc) is 2.85. The van der Waals surface area contributed by atoms with Crippen LogP contribution in [0.3, 0.4) is 0 Å². The molecule has 0 spiro atoms. The van der Waals surface area contributed by atoms with Crippen LogP contribution in [0.15, 0.2) is 24.3 Å². The van der Waals surface area contributed by atoms with Crippen LogP contribution >= 0.6 is 22.9 Å². The zero-order chi connectivity index (χ0) is 12.1. The second-order valence-electron chi connectivity index (χ2n) is 5.55. The van der Waals surface area contributed by atoms with Gasteiger partial charge in [0.1, 0.15) is 0 Å². The van der Waals surface area contributed by atoms with E-state index in [0.717, 1.165) is 16.9 Å². The van der Waals surface area contributed by atoms with Gasteiger partial charge in [0.25, 0.3) is 0 Å². The molecule has 4 heterocycles. The highest BCUT2D eigenvalue weighted by molar-refractivity contribution is 7.19. The van der Waals surface area contributed by atoms with Crippen molar-refractivity contribution < 1.29 is 0 Å². The van der Waals surface area contributed by atoms with E-state index >= 15 is 0 Å². The Kier molecular flexibility index (Phi) is 2.65. The molecule has 2 aromatic rings. The molecule has 0 saturated carbocycles. The minimum absolute atomic E-state index is 0.751. The van der Waals surface area contributed by atoms with Crippen LogP contribution in [-0.4, -0.2) is 24.5 Å². The summed E-state index contributed by atoms with van der Waals surface area (Å²) in [5.41, 5.74) is 0. The van der Waals surface area contributed by atoms with Crippen molar-refractivity contribution in [3.63, 3.8) is 0 Å². The number of thiophene rings is 1. The van der Waals surface area contributed by atoms with Crippen LogP contribution in [0.25, 0.3) is 10.1 Å². The number of benzene rings is 1. The summed E-state index contributed by atoms with van der Waals surface area (Å²) in [6.45, 7) is 3.88. The van der Waals surface area contributed by atoms with E-state index in [9.17, 15) is 0 Å². The highest BCUT2D eigenvalue weighted by Crippen LogP contribution is 2.44. The van der Waals surface area contributed by atoms with Crippen molar-refractivity contribution in [3.8, 4) is 0 Å². The maximum atomic E-state index is 6.29. The molecule has 5 rings (SSSR count). The summed E-state index contributed by atoms with van der Waals surface area (Å²) in [7, 11) is 0. The third-order valence-electron chi connectivity index (χ3n) is 4.54. The summed E-state index contributed by atoms with van der Waals surface area (Å²) in [5.74, 6) is 1.66. The molecule has 1 atom stereocenters. The number of nitrogens with zero attached hydrogens (tertiary/aromatic N) is 1. The topological polar surface area (TPSA) is 3.24 Å². The summed E-state index contributed by atoms with van der Waals surface area (Å²) in [6, 6.07) is 8.61. The fourth-order valence-electron chi connectivity index (χ4n) is 3.52. The molecule has 3 heteroatoms. The Morgan fingerprint density at radius 2 is 2.06 bits per heavy atom. The Bertz CT molecular complexity index is 583. The van der Waals surface area contributed by atoms with Gasteiger partial charge >= 0.3 is 0 Å². The van der Waals surface area contributed by atoms with Crippen LogP contribution in [0.1, 0.15) is 23.6 Å². The number of hydrogen-bond donors (Lipinski definition) is 0. The van der Waals surface area contributed by atoms with Gasteiger partial charge in [0, 0.05) is 17.3 Å². The molecule has 1 nitrogen and oxygen atoms in total. The second-order valence-corrected chi connectivity index (χ2v) is 7.04. The summed E-state index contributed by atoms with van der Waals surface area (Å²) in [5, 5.41) is 2.23. The smallest absolute Gasteiger partial charge is 0.0584 e. The zero-order valence-electron chi connectivity index (χ0n) is 10.2. The Morgan fingerprint density at radius 1 is 1.22 bits per heavy atom. The monoisotopic (exact) mass is 277 g/mol. The minimum Gasteiger partial charge on any atom is -0.303 e. The van der Waals surface area contributed by atoms with E-state index in [-0.39, 0.29) is 0 Å². The van der Waals surface area contributed by atoms with Gasteiger partial charge in [0.2, 0.25) is 0 Å². The van der Waals surface area contributed by atoms with Gasteiger partial charge in [-0.15, -0.1) is 11.3 Å². The molecule has 3 fully saturated rings. The van der Waals surface area contributed by atoms with E-state index in [1.165, 1.54) is 42.6 Å². The van der Waals surface area contributed by atoms with Crippen molar-refractivity contribution in [1.82, 2.24) is 4.90 Å². The van der Waals surface area contributed by atoms with Crippen molar-refractivity contribution in [3.05, 3.63) is 34.2 Å². The van der Waals surface area contributed by atoms with Crippen molar-refractivity contribution in [2.75, 3.05) is 19.6 Å². The molecule has 0 aliphatic carbocycles. The number of rotatable bonds is 1. The van der Waals surface area contributed by atoms with Crippen molar-refractivity contribution in [2.45, 2.75) is 18.8 Å². The molecule has 2 bridgehead atoms. The van der Waals surface area contributed by atoms with Gasteiger partial charge in [-0.1, -0.05) is 23.7 Å². The van der Waals surface area contributed by atoms with Crippen LogP contribution in [0, 0.1) is 5.92 Å². The Labute approximate surface area is 116 Å². The number of fused-ring (bicyclic) bond motifs is 4. The molecule has 0 N–H and O–H groups in total. The van der Waals surface area contributed by atoms with Crippen LogP contribution in [-0.2, 0) is 0 Å². The fourth-order valence-corrected chi connectivity index (χ4v) is 5.07. The molecule has 3 aliphatic heterocycles. The number of hydrogen-bond acceptors (Lipinski definition) is 2. The lowest BCUT2D eigenvalue weighted by Crippen LogP contribution is -2.45. The van der Waals surface area contributed by atoms with E-state index < -0.39 is 0 Å². The largest absolute Gasteiger partial charge is 0.303 e. The molecule has 0 unspecified atom stereocenters. The summed E-state index contributed by atoms with van der Waals surface area (Å²) < 4.78 is 1.27. The molecular formula is C15H16ClNS. The zero-order valence-corrected chi connectivity index (χ0v) is 11.8. The SMILES string of the molecule is Clc1cccc2cc([C@H]3CN4CCC3CC4)sc12. The van der Waals surface area contributed by atoms with Gasteiger partial charge in [-0.3, -0.25) is 0 Å². The van der Waals surface area contributed by atoms with Crippen LogP contribution in [0.5, 0.6) is 0 Å². The Morgan fingerprint density at radius 3 is 2.72 bits per heavy atom. The molecule has 94 valence electrons. The molecule has 1 aromatic heterocycles. The maximum Gasteiger partial charge on any atom is 0.0584 e. The Balaban J connectivity index is 1.76. The van der Waals surface area contributed by atoms with E-state index in [2.05, 4.69) is 23.1 Å². The molecule has 1 aromatic carbocycles. The maximum absolute atomic E-state index is 6.29. The lowest BCUT2D eigenvalue weighted by molar-refractivity contribution is 0.0885. The normalized spacial score (nSPS) is 31.1. The third kappa shape index (κ3) is 1.70. The van der Waals surface area contributed by atoms with Crippen LogP contribution < -0.4 is 0 Å². The molecule has 0 amide bonds. The van der Waals surface area contributed by atoms with Crippen molar-refractivity contribution >= 4 is 33.0 Å².